The fourth-order valence-electron chi connectivity index (χ4n) is 4.86. The third-order valence-electron chi connectivity index (χ3n) is 6.99. The molecule has 43 heavy (non-hydrogen) atoms. The van der Waals surface area contributed by atoms with Crippen LogP contribution in [-0.4, -0.2) is 45.2 Å². The molecule has 8 nitrogen and oxygen atoms in total. The molecular formula is C30H25BrClF3N4O4. The minimum Gasteiger partial charge on any atom is -0.484 e. The van der Waals surface area contributed by atoms with Crippen LogP contribution in [0.1, 0.15) is 45.1 Å². The lowest BCUT2D eigenvalue weighted by atomic mass is 10.1. The maximum atomic E-state index is 13.9. The van der Waals surface area contributed by atoms with E-state index >= 15 is 0 Å². The largest absolute Gasteiger partial charge is 0.484 e. The number of rotatable bonds is 7. The summed E-state index contributed by atoms with van der Waals surface area (Å²) in [5, 5.41) is 3.30. The number of nitrogens with zero attached hydrogens (tertiary/aromatic N) is 3. The normalized spacial score (nSPS) is 13.8. The molecular weight excluding hydrogens is 653 g/mol. The van der Waals surface area contributed by atoms with E-state index in [0.29, 0.717) is 20.8 Å². The number of carbonyl (C=O) groups is 2. The molecule has 13 heteroatoms. The second-order valence-electron chi connectivity index (χ2n) is 9.92. The number of nitrogens with one attached hydrogen (secondary N) is 1. The Bertz CT molecular complexity index is 1720. The molecule has 0 bridgehead atoms. The number of halogens is 5. The number of aromatic nitrogens is 2. The highest BCUT2D eigenvalue weighted by Gasteiger charge is 2.33. The highest BCUT2D eigenvalue weighted by atomic mass is 79.9. The van der Waals surface area contributed by atoms with Gasteiger partial charge < -0.3 is 15.0 Å². The van der Waals surface area contributed by atoms with Gasteiger partial charge in [0.25, 0.3) is 11.8 Å². The minimum absolute atomic E-state index is 0.0167. The van der Waals surface area contributed by atoms with Crippen molar-refractivity contribution >= 4 is 39.3 Å². The molecule has 0 fully saturated rings. The number of alkyl halides is 3. The minimum atomic E-state index is -4.51. The van der Waals surface area contributed by atoms with Gasteiger partial charge in [-0.2, -0.15) is 13.2 Å². The van der Waals surface area contributed by atoms with Crippen molar-refractivity contribution in [3.63, 3.8) is 0 Å². The number of hydrogen-bond donors (Lipinski definition) is 1. The van der Waals surface area contributed by atoms with Crippen LogP contribution in [0.3, 0.4) is 0 Å². The first kappa shape index (κ1) is 30.4. The zero-order valence-electron chi connectivity index (χ0n) is 22.7. The second-order valence-corrected chi connectivity index (χ2v) is 11.2. The summed E-state index contributed by atoms with van der Waals surface area (Å²) < 4.78 is 45.9. The summed E-state index contributed by atoms with van der Waals surface area (Å²) in [6.07, 6.45) is -4.51. The summed E-state index contributed by atoms with van der Waals surface area (Å²) >= 11 is 9.52. The average Bonchev–Trinajstić information content (AvgIpc) is 3.29. The number of amides is 2. The molecule has 2 amide bonds. The van der Waals surface area contributed by atoms with Crippen LogP contribution in [0.5, 0.6) is 5.75 Å². The van der Waals surface area contributed by atoms with Crippen molar-refractivity contribution < 1.29 is 27.5 Å². The van der Waals surface area contributed by atoms with E-state index in [1.54, 1.807) is 25.1 Å². The molecule has 1 aliphatic rings. The Hall–Kier alpha value is -4.03. The molecule has 2 heterocycles. The van der Waals surface area contributed by atoms with E-state index in [2.05, 4.69) is 21.2 Å². The van der Waals surface area contributed by atoms with Gasteiger partial charge in [0.15, 0.2) is 6.61 Å². The van der Waals surface area contributed by atoms with Crippen LogP contribution in [0.25, 0.3) is 5.69 Å². The number of benzene rings is 3. The third-order valence-corrected chi connectivity index (χ3v) is 8.23. The zero-order chi connectivity index (χ0) is 30.9. The van der Waals surface area contributed by atoms with Gasteiger partial charge in [0.05, 0.1) is 29.0 Å². The van der Waals surface area contributed by atoms with Crippen LogP contribution in [0.2, 0.25) is 5.02 Å². The van der Waals surface area contributed by atoms with Crippen molar-refractivity contribution in [2.24, 2.45) is 0 Å². The van der Waals surface area contributed by atoms with Crippen molar-refractivity contribution in [3.05, 3.63) is 115 Å². The molecule has 1 aliphatic heterocycles. The summed E-state index contributed by atoms with van der Waals surface area (Å²) in [5.41, 5.74) is 1.26. The summed E-state index contributed by atoms with van der Waals surface area (Å²) in [7, 11) is 0. The molecule has 0 radical (unpaired) electrons. The van der Waals surface area contributed by atoms with E-state index in [1.165, 1.54) is 38.3 Å². The van der Waals surface area contributed by atoms with Gasteiger partial charge in [-0.05, 0) is 70.9 Å². The molecule has 1 aromatic heterocycles. The van der Waals surface area contributed by atoms with Crippen molar-refractivity contribution in [1.29, 1.82) is 0 Å². The van der Waals surface area contributed by atoms with Crippen LogP contribution in [0, 0.1) is 0 Å². The van der Waals surface area contributed by atoms with Crippen LogP contribution >= 0.6 is 27.5 Å². The van der Waals surface area contributed by atoms with E-state index in [-0.39, 0.29) is 42.7 Å². The molecule has 5 rings (SSSR count). The van der Waals surface area contributed by atoms with Crippen molar-refractivity contribution in [3.8, 4) is 11.4 Å². The van der Waals surface area contributed by atoms with Gasteiger partial charge >= 0.3 is 11.9 Å². The van der Waals surface area contributed by atoms with Gasteiger partial charge in [0.2, 0.25) is 0 Å². The topological polar surface area (TPSA) is 85.6 Å². The quantitative estimate of drug-likeness (QED) is 0.255. The summed E-state index contributed by atoms with van der Waals surface area (Å²) in [4.78, 5) is 42.5. The molecule has 1 atom stereocenters. The predicted octanol–water partition coefficient (Wildman–Crippen LogP) is 6.14. The molecule has 0 saturated carbocycles. The lowest BCUT2D eigenvalue weighted by molar-refractivity contribution is -0.153. The molecule has 1 N–H and O–H groups in total. The maximum absolute atomic E-state index is 13.9. The first-order chi connectivity index (χ1) is 20.4. The van der Waals surface area contributed by atoms with Gasteiger partial charge in [0.1, 0.15) is 11.4 Å². The Morgan fingerprint density at radius 1 is 1.05 bits per heavy atom. The predicted molar refractivity (Wildman–Crippen MR) is 158 cm³/mol. The fourth-order valence-corrected chi connectivity index (χ4v) is 5.29. The van der Waals surface area contributed by atoms with Crippen molar-refractivity contribution in [2.45, 2.75) is 32.2 Å². The fraction of sp³-hybridized carbons (Fsp3) is 0.233. The van der Waals surface area contributed by atoms with Crippen LogP contribution in [0.4, 0.5) is 13.2 Å². The van der Waals surface area contributed by atoms with E-state index < -0.39 is 30.4 Å². The molecule has 224 valence electrons. The number of hydrogen-bond acceptors (Lipinski definition) is 4. The third kappa shape index (κ3) is 6.65. The monoisotopic (exact) mass is 676 g/mol. The van der Waals surface area contributed by atoms with Crippen molar-refractivity contribution in [2.75, 3.05) is 13.2 Å². The second kappa shape index (κ2) is 12.3. The van der Waals surface area contributed by atoms with Gasteiger partial charge in [-0.25, -0.2) is 4.79 Å². The zero-order valence-corrected chi connectivity index (χ0v) is 25.0. The van der Waals surface area contributed by atoms with Gasteiger partial charge in [-0.15, -0.1) is 0 Å². The Morgan fingerprint density at radius 2 is 1.74 bits per heavy atom. The first-order valence-corrected chi connectivity index (χ1v) is 14.3. The first-order valence-electron chi connectivity index (χ1n) is 13.2. The van der Waals surface area contributed by atoms with E-state index in [4.69, 9.17) is 16.3 Å². The highest BCUT2D eigenvalue weighted by Crippen LogP contribution is 2.27. The van der Waals surface area contributed by atoms with Gasteiger partial charge in [-0.1, -0.05) is 41.9 Å². The number of imidazole rings is 1. The van der Waals surface area contributed by atoms with Gasteiger partial charge in [-0.3, -0.25) is 18.7 Å². The molecule has 0 spiro atoms. The lowest BCUT2D eigenvalue weighted by Gasteiger charge is -2.28. The SMILES string of the molecule is CC(NC(=O)c1c2n(c(=O)n1-c1ccc(OCC(F)(F)F)cc1)CCN(C(=O)c1ccc(Br)c(Cl)c1)C2)c1ccccc1. The number of carbonyl (C=O) groups excluding carboxylic acids is 2. The van der Waals surface area contributed by atoms with E-state index in [0.717, 1.165) is 5.56 Å². The lowest BCUT2D eigenvalue weighted by Crippen LogP contribution is -2.41. The van der Waals surface area contributed by atoms with Crippen LogP contribution in [0.15, 0.2) is 82.1 Å². The maximum Gasteiger partial charge on any atom is 0.422 e. The van der Waals surface area contributed by atoms with Crippen molar-refractivity contribution in [1.82, 2.24) is 19.4 Å². The van der Waals surface area contributed by atoms with E-state index in [9.17, 15) is 27.6 Å². The standard InChI is InChI=1S/C30H25BrClF3N4O4/c1-18(19-5-3-2-4-6-19)36-27(40)26-25-16-37(28(41)20-7-12-23(31)24(32)15-20)13-14-38(25)29(42)39(26)21-8-10-22(11-9-21)43-17-30(33,34)35/h2-12,15,18H,13-14,16-17H2,1H3,(H,36,40). The van der Waals surface area contributed by atoms with Gasteiger partial charge in [0, 0.05) is 23.1 Å². The molecule has 4 aromatic rings. The summed E-state index contributed by atoms with van der Waals surface area (Å²) in [6.45, 7) is 0.626. The molecule has 0 saturated heterocycles. The Balaban J connectivity index is 1.52. The smallest absolute Gasteiger partial charge is 0.422 e. The molecule has 3 aromatic carbocycles. The Morgan fingerprint density at radius 3 is 2.40 bits per heavy atom. The Labute approximate surface area is 257 Å². The summed E-state index contributed by atoms with van der Waals surface area (Å²) in [5.74, 6) is -0.927. The van der Waals surface area contributed by atoms with Crippen LogP contribution < -0.4 is 15.7 Å². The molecule has 1 unspecified atom stereocenters. The number of ether oxygens (including phenoxy) is 1. The average molecular weight is 678 g/mol. The van der Waals surface area contributed by atoms with E-state index in [1.807, 2.05) is 30.3 Å². The Kier molecular flexibility index (Phi) is 8.70. The summed E-state index contributed by atoms with van der Waals surface area (Å²) in [6, 6.07) is 19.1. The van der Waals surface area contributed by atoms with Crippen LogP contribution in [-0.2, 0) is 13.1 Å². The highest BCUT2D eigenvalue weighted by molar-refractivity contribution is 9.10. The molecule has 0 aliphatic carbocycles. The number of fused-ring (bicyclic) bond motifs is 1.